The fourth-order valence-electron chi connectivity index (χ4n) is 4.93. The highest BCUT2D eigenvalue weighted by atomic mass is 16.7. The Kier molecular flexibility index (Phi) is 8.66. The Morgan fingerprint density at radius 2 is 1.62 bits per heavy atom. The maximum absolute atomic E-state index is 10.9. The van der Waals surface area contributed by atoms with E-state index < -0.39 is 68.0 Å². The van der Waals surface area contributed by atoms with E-state index in [2.05, 4.69) is 0 Å². The lowest BCUT2D eigenvalue weighted by Gasteiger charge is -2.45. The van der Waals surface area contributed by atoms with Gasteiger partial charge in [0.15, 0.2) is 23.9 Å². The summed E-state index contributed by atoms with van der Waals surface area (Å²) in [6.07, 6.45) is -13.9. The van der Waals surface area contributed by atoms with Crippen LogP contribution in [0.1, 0.15) is 17.2 Å². The molecule has 2 aromatic rings. The summed E-state index contributed by atoms with van der Waals surface area (Å²) in [5.74, 6) is -0.619. The Morgan fingerprint density at radius 3 is 2.33 bits per heavy atom. The van der Waals surface area contributed by atoms with E-state index in [1.54, 1.807) is 0 Å². The van der Waals surface area contributed by atoms with Crippen LogP contribution in [0.2, 0.25) is 0 Å². The molecule has 230 valence electrons. The molecule has 0 bridgehead atoms. The molecule has 0 aliphatic carbocycles. The molecule has 2 saturated heterocycles. The molecule has 15 heteroatoms. The SMILES string of the molecule is COc1cc(C2Oc3cc(O)cc(O)c3C=C2OC2OC(CO)C(OC3OCC(O)C(O)C3O)C(O)C2O)ccc1O. The third-order valence-electron chi connectivity index (χ3n) is 7.22. The number of ether oxygens (including phenoxy) is 6. The van der Waals surface area contributed by atoms with Gasteiger partial charge in [0.05, 0.1) is 25.9 Å². The number of phenolic OH excluding ortho intramolecular Hbond substituents is 3. The molecular formula is C27H32O15. The van der Waals surface area contributed by atoms with Crippen LogP contribution in [0.5, 0.6) is 28.7 Å². The van der Waals surface area contributed by atoms with Crippen LogP contribution in [-0.4, -0.2) is 122 Å². The zero-order valence-corrected chi connectivity index (χ0v) is 22.1. The van der Waals surface area contributed by atoms with Gasteiger partial charge in [0.25, 0.3) is 0 Å². The van der Waals surface area contributed by atoms with Crippen molar-refractivity contribution in [3.63, 3.8) is 0 Å². The first-order valence-corrected chi connectivity index (χ1v) is 12.9. The van der Waals surface area contributed by atoms with Crippen molar-refractivity contribution in [2.24, 2.45) is 0 Å². The predicted molar refractivity (Wildman–Crippen MR) is 137 cm³/mol. The van der Waals surface area contributed by atoms with Crippen molar-refractivity contribution in [3.8, 4) is 28.7 Å². The molecule has 0 spiro atoms. The van der Waals surface area contributed by atoms with E-state index in [1.807, 2.05) is 0 Å². The second-order valence-electron chi connectivity index (χ2n) is 10.0. The van der Waals surface area contributed by atoms with E-state index >= 15 is 0 Å². The molecule has 0 radical (unpaired) electrons. The van der Waals surface area contributed by atoms with Gasteiger partial charge in [-0.1, -0.05) is 6.07 Å². The number of phenols is 3. The summed E-state index contributed by atoms with van der Waals surface area (Å²) < 4.78 is 33.7. The topological polar surface area (TPSA) is 237 Å². The maximum Gasteiger partial charge on any atom is 0.228 e. The Morgan fingerprint density at radius 1 is 0.881 bits per heavy atom. The van der Waals surface area contributed by atoms with Gasteiger partial charge in [-0.3, -0.25) is 0 Å². The number of aromatic hydroxyl groups is 3. The molecular weight excluding hydrogens is 564 g/mol. The average Bonchev–Trinajstić information content (AvgIpc) is 2.97. The summed E-state index contributed by atoms with van der Waals surface area (Å²) in [6.45, 7) is -1.12. The smallest absolute Gasteiger partial charge is 0.228 e. The first-order valence-electron chi connectivity index (χ1n) is 12.9. The van der Waals surface area contributed by atoms with Crippen molar-refractivity contribution in [1.29, 1.82) is 0 Å². The molecule has 2 aromatic carbocycles. The molecule has 3 heterocycles. The van der Waals surface area contributed by atoms with E-state index in [1.165, 1.54) is 37.5 Å². The first-order chi connectivity index (χ1) is 20.0. The maximum atomic E-state index is 10.9. The highest BCUT2D eigenvalue weighted by molar-refractivity contribution is 5.69. The second-order valence-corrected chi connectivity index (χ2v) is 10.0. The molecule has 3 aliphatic heterocycles. The minimum Gasteiger partial charge on any atom is -0.508 e. The van der Waals surface area contributed by atoms with E-state index in [9.17, 15) is 46.0 Å². The van der Waals surface area contributed by atoms with Gasteiger partial charge in [-0.15, -0.1) is 0 Å². The second kappa shape index (κ2) is 12.1. The Hall–Kier alpha value is -3.38. The fraction of sp³-hybridized carbons (Fsp3) is 0.481. The number of rotatable bonds is 7. The fourth-order valence-corrected chi connectivity index (χ4v) is 4.93. The van der Waals surface area contributed by atoms with Gasteiger partial charge in [0.2, 0.25) is 6.29 Å². The lowest BCUT2D eigenvalue weighted by molar-refractivity contribution is -0.345. The van der Waals surface area contributed by atoms with Crippen molar-refractivity contribution in [2.75, 3.05) is 20.3 Å². The summed E-state index contributed by atoms with van der Waals surface area (Å²) in [5, 5.41) is 92.1. The molecule has 0 aromatic heterocycles. The minimum absolute atomic E-state index is 0.0355. The van der Waals surface area contributed by atoms with Gasteiger partial charge in [0.1, 0.15) is 65.7 Å². The summed E-state index contributed by atoms with van der Waals surface area (Å²) in [6, 6.07) is 6.66. The molecule has 3 aliphatic rings. The number of aliphatic hydroxyl groups excluding tert-OH is 6. The van der Waals surface area contributed by atoms with Crippen molar-refractivity contribution in [1.82, 2.24) is 0 Å². The molecule has 0 saturated carbocycles. The lowest BCUT2D eigenvalue weighted by Crippen LogP contribution is -2.63. The van der Waals surface area contributed by atoms with Crippen LogP contribution >= 0.6 is 0 Å². The monoisotopic (exact) mass is 596 g/mol. The van der Waals surface area contributed by atoms with Crippen molar-refractivity contribution >= 4 is 6.08 Å². The molecule has 9 N–H and O–H groups in total. The average molecular weight is 597 g/mol. The van der Waals surface area contributed by atoms with Gasteiger partial charge in [-0.05, 0) is 18.2 Å². The third kappa shape index (κ3) is 5.66. The normalized spacial score (nSPS) is 34.6. The Labute approximate surface area is 238 Å². The number of fused-ring (bicyclic) bond motifs is 1. The molecule has 10 atom stereocenters. The van der Waals surface area contributed by atoms with Crippen LogP contribution in [0, 0.1) is 0 Å². The number of hydrogen-bond acceptors (Lipinski definition) is 15. The van der Waals surface area contributed by atoms with Crippen LogP contribution in [0.25, 0.3) is 6.08 Å². The van der Waals surface area contributed by atoms with Gasteiger partial charge in [-0.2, -0.15) is 0 Å². The number of hydrogen-bond donors (Lipinski definition) is 9. The van der Waals surface area contributed by atoms with Gasteiger partial charge >= 0.3 is 0 Å². The summed E-state index contributed by atoms with van der Waals surface area (Å²) in [5.41, 5.74) is 0.513. The molecule has 42 heavy (non-hydrogen) atoms. The zero-order chi connectivity index (χ0) is 30.3. The van der Waals surface area contributed by atoms with Gasteiger partial charge in [-0.25, -0.2) is 0 Å². The highest BCUT2D eigenvalue weighted by Gasteiger charge is 2.50. The number of methoxy groups -OCH3 is 1. The van der Waals surface area contributed by atoms with Gasteiger partial charge < -0.3 is 74.4 Å². The molecule has 15 nitrogen and oxygen atoms in total. The van der Waals surface area contributed by atoms with E-state index in [0.717, 1.165) is 6.07 Å². The predicted octanol–water partition coefficient (Wildman–Crippen LogP) is -1.43. The van der Waals surface area contributed by atoms with Crippen LogP contribution in [-0.2, 0) is 18.9 Å². The van der Waals surface area contributed by atoms with Crippen LogP contribution in [0.3, 0.4) is 0 Å². The summed E-state index contributed by atoms with van der Waals surface area (Å²) >= 11 is 0. The Bertz CT molecular complexity index is 1300. The quantitative estimate of drug-likeness (QED) is 0.178. The van der Waals surface area contributed by atoms with E-state index in [0.29, 0.717) is 5.56 Å². The van der Waals surface area contributed by atoms with Crippen LogP contribution < -0.4 is 9.47 Å². The van der Waals surface area contributed by atoms with E-state index in [4.69, 9.17) is 28.4 Å². The zero-order valence-electron chi connectivity index (χ0n) is 22.1. The number of benzene rings is 2. The summed E-state index contributed by atoms with van der Waals surface area (Å²) in [4.78, 5) is 0. The number of aliphatic hydroxyl groups is 6. The minimum atomic E-state index is -1.81. The summed E-state index contributed by atoms with van der Waals surface area (Å²) in [7, 11) is 1.35. The van der Waals surface area contributed by atoms with Crippen LogP contribution in [0.15, 0.2) is 36.1 Å². The largest absolute Gasteiger partial charge is 0.508 e. The molecule has 5 rings (SSSR count). The standard InChI is InChI=1S/C27H32O15/c1-37-17-4-10(2-3-13(17)30)24-18(7-12-14(31)5-11(29)6-16(12)39-24)40-27-23(36)21(34)25(19(8-28)41-27)42-26-22(35)20(33)15(32)9-38-26/h2-7,15,19-36H,8-9H2,1H3. The molecule has 10 unspecified atom stereocenters. The molecule has 2 fully saturated rings. The Balaban J connectivity index is 1.42. The van der Waals surface area contributed by atoms with Crippen molar-refractivity contribution < 1.29 is 74.4 Å². The van der Waals surface area contributed by atoms with Gasteiger partial charge in [0, 0.05) is 17.7 Å². The third-order valence-corrected chi connectivity index (χ3v) is 7.22. The van der Waals surface area contributed by atoms with Crippen molar-refractivity contribution in [3.05, 3.63) is 47.2 Å². The first kappa shape index (κ1) is 30.1. The lowest BCUT2D eigenvalue weighted by atomic mass is 9.97. The highest BCUT2D eigenvalue weighted by Crippen LogP contribution is 2.45. The van der Waals surface area contributed by atoms with Crippen LogP contribution in [0.4, 0.5) is 0 Å². The van der Waals surface area contributed by atoms with Crippen molar-refractivity contribution in [2.45, 2.75) is 61.4 Å². The molecule has 0 amide bonds. The van der Waals surface area contributed by atoms with E-state index in [-0.39, 0.29) is 46.7 Å².